The molecule has 0 saturated carbocycles. The maximum atomic E-state index is 11.9. The largest absolute Gasteiger partial charge is 0.300 e. The molecule has 20 heavy (non-hydrogen) atoms. The molecule has 0 spiro atoms. The average Bonchev–Trinajstić information content (AvgIpc) is 2.48. The van der Waals surface area contributed by atoms with Crippen LogP contribution in [0.15, 0.2) is 48.8 Å². The van der Waals surface area contributed by atoms with E-state index in [4.69, 9.17) is 0 Å². The number of pyridine rings is 1. The molecule has 0 aliphatic heterocycles. The van der Waals surface area contributed by atoms with Crippen LogP contribution in [0.25, 0.3) is 0 Å². The average molecular weight is 271 g/mol. The van der Waals surface area contributed by atoms with Gasteiger partial charge in [0.25, 0.3) is 17.5 Å². The number of carbonyl (C=O) groups is 2. The molecule has 2 amide bonds. The van der Waals surface area contributed by atoms with E-state index in [-0.39, 0.29) is 11.1 Å². The van der Waals surface area contributed by atoms with E-state index in [1.165, 1.54) is 24.4 Å². The summed E-state index contributed by atoms with van der Waals surface area (Å²) >= 11 is 0. The molecule has 0 radical (unpaired) electrons. The molecule has 0 aliphatic rings. The van der Waals surface area contributed by atoms with Crippen molar-refractivity contribution in [2.75, 3.05) is 0 Å². The van der Waals surface area contributed by atoms with Gasteiger partial charge in [0, 0.05) is 11.8 Å². The number of nitro groups is 1. The molecular formula is C13H9N3O4. The molecule has 100 valence electrons. The summed E-state index contributed by atoms with van der Waals surface area (Å²) in [6, 6.07) is 9.27. The number of hydrogen-bond donors (Lipinski definition) is 1. The van der Waals surface area contributed by atoms with Gasteiger partial charge in [-0.3, -0.25) is 30.0 Å². The molecule has 0 unspecified atom stereocenters. The first-order valence-electron chi connectivity index (χ1n) is 5.58. The molecule has 2 rings (SSSR count). The van der Waals surface area contributed by atoms with E-state index in [2.05, 4.69) is 10.3 Å². The first kappa shape index (κ1) is 13.3. The second-order valence-electron chi connectivity index (χ2n) is 3.80. The van der Waals surface area contributed by atoms with Gasteiger partial charge in [-0.05, 0) is 18.2 Å². The zero-order valence-corrected chi connectivity index (χ0v) is 10.1. The third-order valence-corrected chi connectivity index (χ3v) is 2.50. The highest BCUT2D eigenvalue weighted by Crippen LogP contribution is 2.15. The topological polar surface area (TPSA) is 102 Å². The van der Waals surface area contributed by atoms with Crippen LogP contribution in [0.1, 0.15) is 20.7 Å². The summed E-state index contributed by atoms with van der Waals surface area (Å²) in [7, 11) is 0. The fourth-order valence-electron chi connectivity index (χ4n) is 1.56. The third kappa shape index (κ3) is 2.83. The van der Waals surface area contributed by atoms with Crippen molar-refractivity contribution in [1.82, 2.24) is 10.3 Å². The number of carbonyl (C=O) groups excluding carboxylic acids is 2. The molecule has 7 heteroatoms. The number of nitrogens with zero attached hydrogens (tertiary/aromatic N) is 2. The fourth-order valence-corrected chi connectivity index (χ4v) is 1.56. The quantitative estimate of drug-likeness (QED) is 0.518. The van der Waals surface area contributed by atoms with Crippen molar-refractivity contribution in [3.63, 3.8) is 0 Å². The predicted molar refractivity (Wildman–Crippen MR) is 69.1 cm³/mol. The van der Waals surface area contributed by atoms with Crippen LogP contribution in [-0.4, -0.2) is 21.7 Å². The summed E-state index contributed by atoms with van der Waals surface area (Å²) in [5.74, 6) is -1.46. The van der Waals surface area contributed by atoms with Crippen molar-refractivity contribution < 1.29 is 14.5 Å². The number of amides is 2. The van der Waals surface area contributed by atoms with Crippen LogP contribution in [0.4, 0.5) is 5.69 Å². The highest BCUT2D eigenvalue weighted by atomic mass is 16.6. The lowest BCUT2D eigenvalue weighted by atomic mass is 10.2. The molecule has 0 aliphatic carbocycles. The number of hydrogen-bond acceptors (Lipinski definition) is 5. The molecule has 7 nitrogen and oxygen atoms in total. The Labute approximate surface area is 113 Å². The van der Waals surface area contributed by atoms with Crippen molar-refractivity contribution in [1.29, 1.82) is 0 Å². The maximum absolute atomic E-state index is 11.9. The second-order valence-corrected chi connectivity index (χ2v) is 3.80. The fraction of sp³-hybridized carbons (Fsp3) is 0. The molecule has 0 saturated heterocycles. The summed E-state index contributed by atoms with van der Waals surface area (Å²) in [5.41, 5.74) is -0.377. The minimum absolute atomic E-state index is 0.214. The zero-order valence-electron chi connectivity index (χ0n) is 10.1. The molecule has 0 bridgehead atoms. The van der Waals surface area contributed by atoms with Gasteiger partial charge in [0.05, 0.1) is 4.92 Å². The molecule has 2 aromatic rings. The first-order chi connectivity index (χ1) is 9.59. The van der Waals surface area contributed by atoms with Gasteiger partial charge in [-0.2, -0.15) is 0 Å². The van der Waals surface area contributed by atoms with Gasteiger partial charge in [0.1, 0.15) is 11.8 Å². The number of nitrogens with one attached hydrogen (secondary N) is 1. The van der Waals surface area contributed by atoms with Crippen molar-refractivity contribution >= 4 is 17.5 Å². The Hall–Kier alpha value is -3.09. The highest BCUT2D eigenvalue weighted by molar-refractivity contribution is 6.11. The van der Waals surface area contributed by atoms with Crippen LogP contribution >= 0.6 is 0 Å². The normalized spacial score (nSPS) is 9.80. The maximum Gasteiger partial charge on any atom is 0.300 e. The van der Waals surface area contributed by atoms with E-state index in [1.54, 1.807) is 18.2 Å². The molecule has 1 aromatic carbocycles. The second kappa shape index (κ2) is 5.70. The lowest BCUT2D eigenvalue weighted by Crippen LogP contribution is -2.30. The predicted octanol–water partition coefficient (Wildman–Crippen LogP) is 1.56. The molecule has 1 heterocycles. The smallest absolute Gasteiger partial charge is 0.288 e. The van der Waals surface area contributed by atoms with Crippen molar-refractivity contribution in [3.8, 4) is 0 Å². The third-order valence-electron chi connectivity index (χ3n) is 2.50. The Bertz CT molecular complexity index is 670. The highest BCUT2D eigenvalue weighted by Gasteiger charge is 2.21. The van der Waals surface area contributed by atoms with Crippen molar-refractivity contribution in [2.45, 2.75) is 0 Å². The van der Waals surface area contributed by atoms with Crippen LogP contribution in [0.3, 0.4) is 0 Å². The molecule has 1 N–H and O–H groups in total. The van der Waals surface area contributed by atoms with Gasteiger partial charge in [-0.25, -0.2) is 0 Å². The lowest BCUT2D eigenvalue weighted by molar-refractivity contribution is -0.385. The van der Waals surface area contributed by atoms with E-state index < -0.39 is 22.4 Å². The number of benzene rings is 1. The number of aromatic nitrogens is 1. The minimum atomic E-state index is -0.840. The van der Waals surface area contributed by atoms with E-state index in [1.807, 2.05) is 0 Å². The van der Waals surface area contributed by atoms with Crippen molar-refractivity contribution in [3.05, 3.63) is 70.0 Å². The Morgan fingerprint density at radius 2 is 1.80 bits per heavy atom. The van der Waals surface area contributed by atoms with E-state index in [0.717, 1.165) is 6.20 Å². The number of rotatable bonds is 3. The Kier molecular flexibility index (Phi) is 3.80. The molecule has 0 atom stereocenters. The van der Waals surface area contributed by atoms with Gasteiger partial charge < -0.3 is 0 Å². The minimum Gasteiger partial charge on any atom is -0.288 e. The summed E-state index contributed by atoms with van der Waals surface area (Å²) in [5, 5.41) is 12.9. The zero-order chi connectivity index (χ0) is 14.5. The van der Waals surface area contributed by atoms with Gasteiger partial charge in [-0.15, -0.1) is 0 Å². The summed E-state index contributed by atoms with van der Waals surface area (Å²) in [6.07, 6.45) is 2.21. The van der Waals surface area contributed by atoms with E-state index in [0.29, 0.717) is 0 Å². The molecule has 1 aromatic heterocycles. The molecular weight excluding hydrogens is 262 g/mol. The van der Waals surface area contributed by atoms with Crippen molar-refractivity contribution in [2.24, 2.45) is 0 Å². The van der Waals surface area contributed by atoms with Gasteiger partial charge in [-0.1, -0.05) is 18.2 Å². The SMILES string of the molecule is O=C(NC(=O)c1ccncc1[N+](=O)[O-])c1ccccc1. The number of imide groups is 1. The van der Waals surface area contributed by atoms with Crippen LogP contribution in [0.5, 0.6) is 0 Å². The van der Waals surface area contributed by atoms with Gasteiger partial charge >= 0.3 is 0 Å². The van der Waals surface area contributed by atoms with E-state index in [9.17, 15) is 19.7 Å². The van der Waals surface area contributed by atoms with Crippen LogP contribution < -0.4 is 5.32 Å². The van der Waals surface area contributed by atoms with Crippen LogP contribution in [0, 0.1) is 10.1 Å². The Morgan fingerprint density at radius 1 is 1.10 bits per heavy atom. The van der Waals surface area contributed by atoms with E-state index >= 15 is 0 Å². The summed E-state index contributed by atoms with van der Waals surface area (Å²) < 4.78 is 0. The Balaban J connectivity index is 2.21. The Morgan fingerprint density at radius 3 is 2.45 bits per heavy atom. The standard InChI is InChI=1S/C13H9N3O4/c17-12(9-4-2-1-3-5-9)15-13(18)10-6-7-14-8-11(10)16(19)20/h1-8H,(H,15,17,18). The van der Waals surface area contributed by atoms with Gasteiger partial charge in [0.2, 0.25) is 0 Å². The van der Waals surface area contributed by atoms with Crippen LogP contribution in [-0.2, 0) is 0 Å². The monoisotopic (exact) mass is 271 g/mol. The first-order valence-corrected chi connectivity index (χ1v) is 5.58. The summed E-state index contributed by atoms with van der Waals surface area (Å²) in [6.45, 7) is 0. The lowest BCUT2D eigenvalue weighted by Gasteiger charge is -2.04. The summed E-state index contributed by atoms with van der Waals surface area (Å²) in [4.78, 5) is 37.3. The van der Waals surface area contributed by atoms with Crippen LogP contribution in [0.2, 0.25) is 0 Å². The molecule has 0 fully saturated rings. The van der Waals surface area contributed by atoms with Gasteiger partial charge in [0.15, 0.2) is 0 Å².